The third-order valence-corrected chi connectivity index (χ3v) is 2.09. The molecule has 0 aliphatic rings. The topological polar surface area (TPSA) is 45.1 Å². The Kier molecular flexibility index (Phi) is 3.71. The van der Waals surface area contributed by atoms with Crippen LogP contribution in [0, 0.1) is 6.92 Å². The quantitative estimate of drug-likeness (QED) is 0.739. The lowest BCUT2D eigenvalue weighted by Gasteiger charge is -2.16. The fourth-order valence-corrected chi connectivity index (χ4v) is 1.13. The minimum Gasteiger partial charge on any atom is -0.394 e. The molecule has 72 valence electrons. The third kappa shape index (κ3) is 2.70. The zero-order valence-corrected chi connectivity index (χ0v) is 8.12. The molecule has 1 aromatic heterocycles. The van der Waals surface area contributed by atoms with E-state index in [0.29, 0.717) is 0 Å². The summed E-state index contributed by atoms with van der Waals surface area (Å²) in [5.74, 6) is 0. The second-order valence-electron chi connectivity index (χ2n) is 3.12. The van der Waals surface area contributed by atoms with Crippen molar-refractivity contribution < 1.29 is 5.11 Å². The maximum Gasteiger partial charge on any atom is 0.0632 e. The number of rotatable bonds is 4. The molecular weight excluding hydrogens is 164 g/mol. The highest BCUT2D eigenvalue weighted by molar-refractivity contribution is 5.49. The van der Waals surface area contributed by atoms with Gasteiger partial charge in [0.15, 0.2) is 0 Å². The SMILES string of the molecule is CC[C@@H](CO)Nc1ccncc1C. The van der Waals surface area contributed by atoms with Gasteiger partial charge in [0.25, 0.3) is 0 Å². The summed E-state index contributed by atoms with van der Waals surface area (Å²) < 4.78 is 0. The Morgan fingerprint density at radius 2 is 2.38 bits per heavy atom. The number of hydrogen-bond acceptors (Lipinski definition) is 3. The monoisotopic (exact) mass is 180 g/mol. The molecule has 0 radical (unpaired) electrons. The van der Waals surface area contributed by atoms with Gasteiger partial charge in [-0.3, -0.25) is 4.98 Å². The molecule has 0 saturated heterocycles. The van der Waals surface area contributed by atoms with E-state index < -0.39 is 0 Å². The van der Waals surface area contributed by atoms with Crippen molar-refractivity contribution in [3.8, 4) is 0 Å². The van der Waals surface area contributed by atoms with Crippen LogP contribution < -0.4 is 5.32 Å². The van der Waals surface area contributed by atoms with E-state index in [2.05, 4.69) is 10.3 Å². The number of hydrogen-bond donors (Lipinski definition) is 2. The molecule has 13 heavy (non-hydrogen) atoms. The van der Waals surface area contributed by atoms with E-state index in [0.717, 1.165) is 17.7 Å². The normalized spacial score (nSPS) is 12.5. The Balaban J connectivity index is 2.67. The van der Waals surface area contributed by atoms with Crippen molar-refractivity contribution in [2.24, 2.45) is 0 Å². The Morgan fingerprint density at radius 3 is 2.92 bits per heavy atom. The van der Waals surface area contributed by atoms with Gasteiger partial charge in [-0.05, 0) is 25.0 Å². The van der Waals surface area contributed by atoms with Crippen LogP contribution in [0.3, 0.4) is 0 Å². The molecule has 0 aromatic carbocycles. The first-order valence-corrected chi connectivity index (χ1v) is 4.56. The minimum absolute atomic E-state index is 0.140. The largest absolute Gasteiger partial charge is 0.394 e. The summed E-state index contributed by atoms with van der Waals surface area (Å²) in [6.45, 7) is 4.21. The molecule has 0 unspecified atom stereocenters. The predicted molar refractivity (Wildman–Crippen MR) is 53.8 cm³/mol. The highest BCUT2D eigenvalue weighted by atomic mass is 16.3. The van der Waals surface area contributed by atoms with Gasteiger partial charge in [-0.2, -0.15) is 0 Å². The van der Waals surface area contributed by atoms with Crippen LogP contribution in [0.25, 0.3) is 0 Å². The van der Waals surface area contributed by atoms with Crippen LogP contribution in [0.1, 0.15) is 18.9 Å². The van der Waals surface area contributed by atoms with Gasteiger partial charge in [-0.15, -0.1) is 0 Å². The summed E-state index contributed by atoms with van der Waals surface area (Å²) in [7, 11) is 0. The highest BCUT2D eigenvalue weighted by Gasteiger charge is 2.04. The number of anilines is 1. The van der Waals surface area contributed by atoms with Gasteiger partial charge >= 0.3 is 0 Å². The van der Waals surface area contributed by atoms with Gasteiger partial charge in [-0.25, -0.2) is 0 Å². The van der Waals surface area contributed by atoms with Crippen LogP contribution >= 0.6 is 0 Å². The molecule has 0 saturated carbocycles. The molecular formula is C10H16N2O. The highest BCUT2D eigenvalue weighted by Crippen LogP contribution is 2.13. The van der Waals surface area contributed by atoms with Crippen molar-refractivity contribution in [1.29, 1.82) is 0 Å². The number of aliphatic hydroxyl groups excluding tert-OH is 1. The maximum absolute atomic E-state index is 9.00. The zero-order valence-electron chi connectivity index (χ0n) is 8.12. The van der Waals surface area contributed by atoms with E-state index in [9.17, 15) is 0 Å². The maximum atomic E-state index is 9.00. The molecule has 3 nitrogen and oxygen atoms in total. The van der Waals surface area contributed by atoms with Crippen molar-refractivity contribution in [3.63, 3.8) is 0 Å². The molecule has 1 atom stereocenters. The summed E-state index contributed by atoms with van der Waals surface area (Å²) in [4.78, 5) is 4.00. The van der Waals surface area contributed by atoms with E-state index in [-0.39, 0.29) is 12.6 Å². The van der Waals surface area contributed by atoms with E-state index in [4.69, 9.17) is 5.11 Å². The van der Waals surface area contributed by atoms with Crippen molar-refractivity contribution in [3.05, 3.63) is 24.0 Å². The van der Waals surface area contributed by atoms with Crippen molar-refractivity contribution in [2.45, 2.75) is 26.3 Å². The molecule has 0 bridgehead atoms. The third-order valence-electron chi connectivity index (χ3n) is 2.09. The zero-order chi connectivity index (χ0) is 9.68. The number of aliphatic hydroxyl groups is 1. The van der Waals surface area contributed by atoms with Gasteiger partial charge in [0.1, 0.15) is 0 Å². The Hall–Kier alpha value is -1.09. The Labute approximate surface area is 78.8 Å². The molecule has 0 amide bonds. The second kappa shape index (κ2) is 4.82. The number of aromatic nitrogens is 1. The summed E-state index contributed by atoms with van der Waals surface area (Å²) >= 11 is 0. The summed E-state index contributed by atoms with van der Waals surface area (Å²) in [5.41, 5.74) is 2.16. The molecule has 2 N–H and O–H groups in total. The van der Waals surface area contributed by atoms with E-state index in [1.165, 1.54) is 0 Å². The van der Waals surface area contributed by atoms with Gasteiger partial charge < -0.3 is 10.4 Å². The number of pyridine rings is 1. The van der Waals surface area contributed by atoms with Gasteiger partial charge in [0, 0.05) is 24.1 Å². The first-order chi connectivity index (χ1) is 6.27. The first-order valence-electron chi connectivity index (χ1n) is 4.56. The number of nitrogens with one attached hydrogen (secondary N) is 1. The average molecular weight is 180 g/mol. The molecule has 1 heterocycles. The van der Waals surface area contributed by atoms with Gasteiger partial charge in [0.2, 0.25) is 0 Å². The Bertz CT molecular complexity index is 259. The summed E-state index contributed by atoms with van der Waals surface area (Å²) in [6, 6.07) is 2.06. The molecule has 0 fully saturated rings. The van der Waals surface area contributed by atoms with Crippen LogP contribution in [-0.2, 0) is 0 Å². The lowest BCUT2D eigenvalue weighted by Crippen LogP contribution is -2.22. The molecule has 3 heteroatoms. The van der Waals surface area contributed by atoms with E-state index in [1.54, 1.807) is 6.20 Å². The van der Waals surface area contributed by atoms with Crippen LogP contribution in [-0.4, -0.2) is 22.7 Å². The fourth-order valence-electron chi connectivity index (χ4n) is 1.13. The molecule has 0 aliphatic carbocycles. The smallest absolute Gasteiger partial charge is 0.0632 e. The van der Waals surface area contributed by atoms with Crippen LogP contribution in [0.5, 0.6) is 0 Å². The second-order valence-corrected chi connectivity index (χ2v) is 3.12. The fraction of sp³-hybridized carbons (Fsp3) is 0.500. The van der Waals surface area contributed by atoms with E-state index >= 15 is 0 Å². The van der Waals surface area contributed by atoms with Gasteiger partial charge in [-0.1, -0.05) is 6.92 Å². The van der Waals surface area contributed by atoms with Crippen LogP contribution in [0.2, 0.25) is 0 Å². The molecule has 1 aromatic rings. The van der Waals surface area contributed by atoms with Crippen molar-refractivity contribution in [2.75, 3.05) is 11.9 Å². The van der Waals surface area contributed by atoms with E-state index in [1.807, 2.05) is 26.1 Å². The molecule has 0 aliphatic heterocycles. The van der Waals surface area contributed by atoms with Gasteiger partial charge in [0.05, 0.1) is 6.61 Å². The van der Waals surface area contributed by atoms with Crippen molar-refractivity contribution >= 4 is 5.69 Å². The summed E-state index contributed by atoms with van der Waals surface area (Å²) in [5, 5.41) is 12.3. The first kappa shape index (κ1) is 9.99. The number of aryl methyl sites for hydroxylation is 1. The van der Waals surface area contributed by atoms with Crippen molar-refractivity contribution in [1.82, 2.24) is 4.98 Å². The van der Waals surface area contributed by atoms with Crippen LogP contribution in [0.4, 0.5) is 5.69 Å². The predicted octanol–water partition coefficient (Wildman–Crippen LogP) is 1.57. The summed E-state index contributed by atoms with van der Waals surface area (Å²) in [6.07, 6.45) is 4.48. The standard InChI is InChI=1S/C10H16N2O/c1-3-9(7-13)12-10-4-5-11-6-8(10)2/h4-6,9,13H,3,7H2,1-2H3,(H,11,12)/t9-/m0/s1. The lowest BCUT2D eigenvalue weighted by atomic mass is 10.2. The molecule has 1 rings (SSSR count). The van der Waals surface area contributed by atoms with Crippen LogP contribution in [0.15, 0.2) is 18.5 Å². The average Bonchev–Trinajstić information content (AvgIpc) is 2.17. The lowest BCUT2D eigenvalue weighted by molar-refractivity contribution is 0.272. The molecule has 0 spiro atoms. The minimum atomic E-state index is 0.140. The number of nitrogens with zero attached hydrogens (tertiary/aromatic N) is 1. The Morgan fingerprint density at radius 1 is 1.62 bits per heavy atom.